The number of carboxylic acids is 1. The van der Waals surface area contributed by atoms with Crippen molar-refractivity contribution >= 4 is 30.8 Å². The third-order valence-electron chi connectivity index (χ3n) is 3.17. The number of nitrogens with two attached hydrogens (primary N) is 2. The van der Waals surface area contributed by atoms with Gasteiger partial charge >= 0.3 is 13.8 Å². The summed E-state index contributed by atoms with van der Waals surface area (Å²) in [4.78, 5) is 42.0. The van der Waals surface area contributed by atoms with E-state index in [4.69, 9.17) is 26.4 Å². The predicted molar refractivity (Wildman–Crippen MR) is 94.5 cm³/mol. The van der Waals surface area contributed by atoms with E-state index < -0.39 is 19.8 Å². The van der Waals surface area contributed by atoms with E-state index in [1.54, 1.807) is 0 Å². The molecule has 8 N–H and O–H groups in total. The number of nitrogens with one attached hydrogen (secondary N) is 1. The van der Waals surface area contributed by atoms with Crippen LogP contribution in [-0.4, -0.2) is 46.8 Å². The lowest BCUT2D eigenvalue weighted by Crippen LogP contribution is -2.32. The second-order valence-corrected chi connectivity index (χ2v) is 6.40. The standard InChI is InChI=1S/C9H12NO6P.C5H5N5/c10-8(9(11)12)5-6-1-3-7(4-2-6)16-17(13,14)15;6-4-3-5(9-1-7-3)10-2-8-4/h1-4,8H,5,10H2,(H,11,12)(H2,13,14,15);1-2H,(H3,6,7,8,9,10)/t8-;/m0./s1. The van der Waals surface area contributed by atoms with Crippen molar-refractivity contribution in [1.29, 1.82) is 0 Å². The number of carbonyl (C=O) groups is 1. The molecule has 0 radical (unpaired) electrons. The van der Waals surface area contributed by atoms with E-state index in [2.05, 4.69) is 24.5 Å². The molecule has 144 valence electrons. The first-order chi connectivity index (χ1) is 12.7. The topological polar surface area (TPSA) is 211 Å². The van der Waals surface area contributed by atoms with Crippen LogP contribution in [0.2, 0.25) is 0 Å². The van der Waals surface area contributed by atoms with Gasteiger partial charge in [-0.1, -0.05) is 12.1 Å². The molecule has 0 aliphatic heterocycles. The molecule has 27 heavy (non-hydrogen) atoms. The van der Waals surface area contributed by atoms with Crippen molar-refractivity contribution in [3.63, 3.8) is 0 Å². The van der Waals surface area contributed by atoms with E-state index in [-0.39, 0.29) is 12.2 Å². The Morgan fingerprint density at radius 3 is 2.44 bits per heavy atom. The summed E-state index contributed by atoms with van der Waals surface area (Å²) < 4.78 is 14.9. The van der Waals surface area contributed by atoms with Crippen LogP contribution < -0.4 is 16.0 Å². The van der Waals surface area contributed by atoms with Crippen LogP contribution in [0, 0.1) is 0 Å². The average molecular weight is 396 g/mol. The van der Waals surface area contributed by atoms with Gasteiger partial charge in [0, 0.05) is 0 Å². The minimum absolute atomic E-state index is 0.00554. The lowest BCUT2D eigenvalue weighted by Gasteiger charge is -2.09. The number of aliphatic carboxylic acids is 1. The number of imidazole rings is 1. The molecule has 0 amide bonds. The zero-order valence-electron chi connectivity index (χ0n) is 13.8. The fraction of sp³-hybridized carbons (Fsp3) is 0.143. The molecule has 0 unspecified atom stereocenters. The molecular formula is C14H17N6O6P. The van der Waals surface area contributed by atoms with Crippen molar-refractivity contribution in [2.75, 3.05) is 5.73 Å². The molecule has 2 aromatic heterocycles. The lowest BCUT2D eigenvalue weighted by molar-refractivity contribution is -0.138. The van der Waals surface area contributed by atoms with E-state index in [9.17, 15) is 9.36 Å². The smallest absolute Gasteiger partial charge is 0.480 e. The molecular weight excluding hydrogens is 379 g/mol. The highest BCUT2D eigenvalue weighted by Crippen LogP contribution is 2.37. The molecule has 12 nitrogen and oxygen atoms in total. The Morgan fingerprint density at radius 2 is 1.89 bits per heavy atom. The molecule has 0 spiro atoms. The quantitative estimate of drug-likeness (QED) is 0.317. The SMILES string of the molecule is N[C@@H](Cc1ccc(OP(=O)(O)O)cc1)C(=O)O.Nc1ncnc2nc[nH]c12. The Morgan fingerprint density at radius 1 is 1.22 bits per heavy atom. The van der Waals surface area contributed by atoms with Crippen molar-refractivity contribution in [3.8, 4) is 5.75 Å². The third kappa shape index (κ3) is 6.31. The number of benzene rings is 1. The van der Waals surface area contributed by atoms with Crippen LogP contribution in [0.4, 0.5) is 5.82 Å². The maximum absolute atomic E-state index is 10.5. The van der Waals surface area contributed by atoms with Gasteiger partial charge in [-0.15, -0.1) is 0 Å². The Bertz CT molecular complexity index is 956. The van der Waals surface area contributed by atoms with Gasteiger partial charge in [-0.3, -0.25) is 14.6 Å². The molecule has 1 atom stereocenters. The summed E-state index contributed by atoms with van der Waals surface area (Å²) >= 11 is 0. The lowest BCUT2D eigenvalue weighted by atomic mass is 10.1. The van der Waals surface area contributed by atoms with Crippen molar-refractivity contribution < 1.29 is 28.8 Å². The van der Waals surface area contributed by atoms with E-state index in [1.807, 2.05) is 0 Å². The van der Waals surface area contributed by atoms with Gasteiger partial charge in [0.1, 0.15) is 23.6 Å². The van der Waals surface area contributed by atoms with Gasteiger partial charge in [0.15, 0.2) is 11.5 Å². The van der Waals surface area contributed by atoms with Gasteiger partial charge in [0.25, 0.3) is 0 Å². The minimum Gasteiger partial charge on any atom is -0.480 e. The summed E-state index contributed by atoms with van der Waals surface area (Å²) in [7, 11) is -4.56. The largest absolute Gasteiger partial charge is 0.524 e. The Balaban J connectivity index is 0.000000219. The first-order valence-electron chi connectivity index (χ1n) is 7.37. The van der Waals surface area contributed by atoms with Gasteiger partial charge in [0.2, 0.25) is 0 Å². The highest BCUT2D eigenvalue weighted by Gasteiger charge is 2.16. The number of phosphoric ester groups is 1. The van der Waals surface area contributed by atoms with Crippen molar-refractivity contribution in [2.24, 2.45) is 5.73 Å². The van der Waals surface area contributed by atoms with E-state index in [0.717, 1.165) is 0 Å². The summed E-state index contributed by atoms with van der Waals surface area (Å²) in [5.41, 5.74) is 12.7. The number of nitrogen functional groups attached to an aromatic ring is 1. The van der Waals surface area contributed by atoms with Gasteiger partial charge in [-0.2, -0.15) is 0 Å². The number of rotatable bonds is 5. The van der Waals surface area contributed by atoms with Crippen molar-refractivity contribution in [1.82, 2.24) is 19.9 Å². The number of aromatic amines is 1. The molecule has 3 aromatic rings. The summed E-state index contributed by atoms with van der Waals surface area (Å²) in [5, 5.41) is 8.60. The molecule has 1 aromatic carbocycles. The molecule has 0 aliphatic rings. The molecule has 0 bridgehead atoms. The molecule has 0 aliphatic carbocycles. The van der Waals surface area contributed by atoms with E-state index >= 15 is 0 Å². The maximum atomic E-state index is 10.5. The summed E-state index contributed by atoms with van der Waals surface area (Å²) in [6.07, 6.45) is 3.06. The highest BCUT2D eigenvalue weighted by molar-refractivity contribution is 7.46. The van der Waals surface area contributed by atoms with Crippen molar-refractivity contribution in [2.45, 2.75) is 12.5 Å². The van der Waals surface area contributed by atoms with Gasteiger partial charge in [0.05, 0.1) is 6.33 Å². The second-order valence-electron chi connectivity index (χ2n) is 5.23. The van der Waals surface area contributed by atoms with Crippen molar-refractivity contribution in [3.05, 3.63) is 42.5 Å². The monoisotopic (exact) mass is 396 g/mol. The van der Waals surface area contributed by atoms with Crippen LogP contribution in [0.3, 0.4) is 0 Å². The number of H-pyrrole nitrogens is 1. The van der Waals surface area contributed by atoms with E-state index in [0.29, 0.717) is 22.5 Å². The number of aromatic nitrogens is 4. The fourth-order valence-electron chi connectivity index (χ4n) is 1.95. The molecule has 2 heterocycles. The highest BCUT2D eigenvalue weighted by atomic mass is 31.2. The maximum Gasteiger partial charge on any atom is 0.524 e. The molecule has 3 rings (SSSR count). The van der Waals surface area contributed by atoms with Gasteiger partial charge < -0.3 is 26.1 Å². The molecule has 0 saturated carbocycles. The summed E-state index contributed by atoms with van der Waals surface area (Å²) in [5.74, 6) is -0.672. The molecule has 0 fully saturated rings. The van der Waals surface area contributed by atoms with Crippen LogP contribution in [0.15, 0.2) is 36.9 Å². The fourth-order valence-corrected chi connectivity index (χ4v) is 2.35. The zero-order chi connectivity index (χ0) is 20.0. The number of anilines is 1. The number of hydrogen-bond acceptors (Lipinski definition) is 8. The van der Waals surface area contributed by atoms with E-state index in [1.165, 1.54) is 36.9 Å². The third-order valence-corrected chi connectivity index (χ3v) is 3.62. The molecule has 13 heteroatoms. The van der Waals surface area contributed by atoms with Crippen LogP contribution in [0.25, 0.3) is 11.2 Å². The number of hydrogen-bond donors (Lipinski definition) is 6. The van der Waals surface area contributed by atoms with Gasteiger partial charge in [-0.05, 0) is 24.1 Å². The summed E-state index contributed by atoms with van der Waals surface area (Å²) in [6.45, 7) is 0. The zero-order valence-corrected chi connectivity index (χ0v) is 14.7. The number of nitrogens with zero attached hydrogens (tertiary/aromatic N) is 3. The Kier molecular flexibility index (Phi) is 6.42. The number of phosphoric acid groups is 1. The average Bonchev–Trinajstić information content (AvgIpc) is 3.06. The summed E-state index contributed by atoms with van der Waals surface area (Å²) in [6, 6.07) is 4.65. The predicted octanol–water partition coefficient (Wildman–Crippen LogP) is 0.0476. The minimum atomic E-state index is -4.56. The Hall–Kier alpha value is -3.05. The first kappa shape index (κ1) is 20.3. The normalized spacial score (nSPS) is 12.1. The molecule has 0 saturated heterocycles. The van der Waals surface area contributed by atoms with Crippen LogP contribution in [-0.2, 0) is 15.8 Å². The van der Waals surface area contributed by atoms with Crippen LogP contribution in [0.5, 0.6) is 5.75 Å². The van der Waals surface area contributed by atoms with Crippen LogP contribution >= 0.6 is 7.82 Å². The van der Waals surface area contributed by atoms with Gasteiger partial charge in [-0.25, -0.2) is 19.5 Å². The Labute approximate surface area is 152 Å². The van der Waals surface area contributed by atoms with Crippen LogP contribution in [0.1, 0.15) is 5.56 Å². The number of carboxylic acid groups (broad SMARTS) is 1. The first-order valence-corrected chi connectivity index (χ1v) is 8.91. The second kappa shape index (κ2) is 8.56. The number of fused-ring (bicyclic) bond motifs is 1.